The molecule has 0 saturated heterocycles. The van der Waals surface area contributed by atoms with E-state index < -0.39 is 10.0 Å². The zero-order valence-electron chi connectivity index (χ0n) is 19.9. The number of fused-ring (bicyclic) bond motifs is 1. The van der Waals surface area contributed by atoms with Crippen LogP contribution in [0.5, 0.6) is 5.75 Å². The van der Waals surface area contributed by atoms with Gasteiger partial charge in [-0.05, 0) is 49.4 Å². The molecule has 0 spiro atoms. The van der Waals surface area contributed by atoms with E-state index in [0.29, 0.717) is 17.9 Å². The fourth-order valence-corrected chi connectivity index (χ4v) is 5.56. The van der Waals surface area contributed by atoms with Gasteiger partial charge in [-0.25, -0.2) is 13.4 Å². The highest BCUT2D eigenvalue weighted by atomic mass is 32.2. The Morgan fingerprint density at radius 2 is 1.74 bits per heavy atom. The molecule has 0 bridgehead atoms. The van der Waals surface area contributed by atoms with Gasteiger partial charge in [0.1, 0.15) is 18.1 Å². The minimum atomic E-state index is -3.87. The van der Waals surface area contributed by atoms with E-state index in [9.17, 15) is 13.2 Å². The maximum absolute atomic E-state index is 13.4. The van der Waals surface area contributed by atoms with Crippen LogP contribution in [0.15, 0.2) is 77.7 Å². The van der Waals surface area contributed by atoms with Crippen molar-refractivity contribution >= 4 is 38.3 Å². The summed E-state index contributed by atoms with van der Waals surface area (Å²) in [5.41, 5.74) is 2.54. The molecule has 1 heterocycles. The number of hydrogen-bond donors (Lipinski definition) is 1. The van der Waals surface area contributed by atoms with Gasteiger partial charge in [0, 0.05) is 13.0 Å². The Hall–Kier alpha value is -3.85. The molecule has 0 atom stereocenters. The summed E-state index contributed by atoms with van der Waals surface area (Å²) < 4.78 is 35.5. The monoisotopic (exact) mass is 492 g/mol. The Morgan fingerprint density at radius 3 is 2.43 bits per heavy atom. The van der Waals surface area contributed by atoms with Gasteiger partial charge in [-0.2, -0.15) is 0 Å². The molecule has 35 heavy (non-hydrogen) atoms. The number of carbonyl (C=O) groups excluding carboxylic acids is 1. The second-order valence-electron chi connectivity index (χ2n) is 7.87. The number of aromatic nitrogens is 2. The van der Waals surface area contributed by atoms with E-state index >= 15 is 0 Å². The number of ether oxygens (including phenoxy) is 1. The molecule has 1 amide bonds. The Kier molecular flexibility index (Phi) is 7.07. The van der Waals surface area contributed by atoms with Crippen molar-refractivity contribution < 1.29 is 17.9 Å². The number of aryl methyl sites for hydroxylation is 1. The van der Waals surface area contributed by atoms with Gasteiger partial charge in [0.15, 0.2) is 0 Å². The van der Waals surface area contributed by atoms with Crippen LogP contribution in [0.4, 0.5) is 11.4 Å². The van der Waals surface area contributed by atoms with Crippen LogP contribution in [-0.4, -0.2) is 37.5 Å². The van der Waals surface area contributed by atoms with Gasteiger partial charge >= 0.3 is 0 Å². The Labute approximate surface area is 205 Å². The normalized spacial score (nSPS) is 11.4. The van der Waals surface area contributed by atoms with Crippen LogP contribution >= 0.6 is 0 Å². The van der Waals surface area contributed by atoms with Gasteiger partial charge < -0.3 is 14.6 Å². The maximum Gasteiger partial charge on any atom is 0.264 e. The molecule has 0 radical (unpaired) electrons. The summed E-state index contributed by atoms with van der Waals surface area (Å²) in [5.74, 6) is 0.850. The predicted octanol–water partition coefficient (Wildman–Crippen LogP) is 4.46. The van der Waals surface area contributed by atoms with Crippen molar-refractivity contribution in [3.05, 3.63) is 78.6 Å². The Bertz CT molecular complexity index is 1450. The van der Waals surface area contributed by atoms with Crippen molar-refractivity contribution in [2.24, 2.45) is 0 Å². The van der Waals surface area contributed by atoms with Crippen LogP contribution in [0.2, 0.25) is 0 Å². The largest absolute Gasteiger partial charge is 0.495 e. The first kappa shape index (κ1) is 24.3. The van der Waals surface area contributed by atoms with E-state index in [1.54, 1.807) is 37.3 Å². The number of benzene rings is 3. The van der Waals surface area contributed by atoms with Gasteiger partial charge in [0.25, 0.3) is 10.0 Å². The SMILES string of the molecule is CCc1nc2ccccc2n1CC(=O)Nc1cc(S(=O)(=O)N(CC)c2ccccc2)ccc1OC. The van der Waals surface area contributed by atoms with Crippen LogP contribution in [0, 0.1) is 0 Å². The standard InChI is InChI=1S/C26H28N4O4S/c1-4-25-27-21-13-9-10-14-23(21)29(25)18-26(31)28-22-17-20(15-16-24(22)34-3)35(32,33)30(5-2)19-11-7-6-8-12-19/h6-17H,4-5,18H2,1-3H3,(H,28,31). The van der Waals surface area contributed by atoms with Gasteiger partial charge in [0.05, 0.1) is 34.4 Å². The lowest BCUT2D eigenvalue weighted by atomic mass is 10.3. The predicted molar refractivity (Wildman–Crippen MR) is 137 cm³/mol. The number of para-hydroxylation sites is 3. The van der Waals surface area contributed by atoms with E-state index in [4.69, 9.17) is 4.74 Å². The number of amides is 1. The third-order valence-electron chi connectivity index (χ3n) is 5.72. The highest BCUT2D eigenvalue weighted by Crippen LogP contribution is 2.31. The minimum Gasteiger partial charge on any atom is -0.495 e. The zero-order valence-corrected chi connectivity index (χ0v) is 20.7. The van der Waals surface area contributed by atoms with Crippen LogP contribution in [0.25, 0.3) is 11.0 Å². The number of nitrogens with one attached hydrogen (secondary N) is 1. The Balaban J connectivity index is 1.64. The fourth-order valence-electron chi connectivity index (χ4n) is 4.06. The third-order valence-corrected chi connectivity index (χ3v) is 7.61. The second kappa shape index (κ2) is 10.2. The van der Waals surface area contributed by atoms with E-state index in [-0.39, 0.29) is 29.6 Å². The summed E-state index contributed by atoms with van der Waals surface area (Å²) in [6.45, 7) is 4.05. The second-order valence-corrected chi connectivity index (χ2v) is 9.73. The summed E-state index contributed by atoms with van der Waals surface area (Å²) in [4.78, 5) is 17.7. The lowest BCUT2D eigenvalue weighted by Crippen LogP contribution is -2.30. The molecule has 0 saturated carbocycles. The number of imidazole rings is 1. The van der Waals surface area contributed by atoms with Crippen molar-refractivity contribution in [2.75, 3.05) is 23.3 Å². The van der Waals surface area contributed by atoms with Gasteiger partial charge in [-0.15, -0.1) is 0 Å². The number of sulfonamides is 1. The average Bonchev–Trinajstić information content (AvgIpc) is 3.22. The van der Waals surface area contributed by atoms with Crippen LogP contribution in [-0.2, 0) is 27.8 Å². The molecule has 1 N–H and O–H groups in total. The van der Waals surface area contributed by atoms with E-state index in [2.05, 4.69) is 10.3 Å². The number of anilines is 2. The zero-order chi connectivity index (χ0) is 25.0. The van der Waals surface area contributed by atoms with Crippen molar-refractivity contribution in [2.45, 2.75) is 31.7 Å². The van der Waals surface area contributed by atoms with Crippen molar-refractivity contribution in [3.8, 4) is 5.75 Å². The lowest BCUT2D eigenvalue weighted by Gasteiger charge is -2.23. The molecule has 9 heteroatoms. The molecular formula is C26H28N4O4S. The van der Waals surface area contributed by atoms with Crippen molar-refractivity contribution in [1.29, 1.82) is 0 Å². The van der Waals surface area contributed by atoms with Crippen LogP contribution in [0.1, 0.15) is 19.7 Å². The summed E-state index contributed by atoms with van der Waals surface area (Å²) in [7, 11) is -2.39. The molecule has 4 aromatic rings. The molecular weight excluding hydrogens is 464 g/mol. The first-order chi connectivity index (χ1) is 16.9. The van der Waals surface area contributed by atoms with Crippen LogP contribution in [0.3, 0.4) is 0 Å². The van der Waals surface area contributed by atoms with Crippen molar-refractivity contribution in [1.82, 2.24) is 9.55 Å². The Morgan fingerprint density at radius 1 is 1.03 bits per heavy atom. The molecule has 182 valence electrons. The summed E-state index contributed by atoms with van der Waals surface area (Å²) in [6, 6.07) is 21.0. The first-order valence-corrected chi connectivity index (χ1v) is 12.8. The summed E-state index contributed by atoms with van der Waals surface area (Å²) >= 11 is 0. The molecule has 0 aliphatic carbocycles. The number of methoxy groups -OCH3 is 1. The number of nitrogens with zero attached hydrogens (tertiary/aromatic N) is 3. The fraction of sp³-hybridized carbons (Fsp3) is 0.231. The molecule has 0 aliphatic heterocycles. The topological polar surface area (TPSA) is 93.5 Å². The van der Waals surface area contributed by atoms with E-state index in [0.717, 1.165) is 16.9 Å². The lowest BCUT2D eigenvalue weighted by molar-refractivity contribution is -0.116. The third kappa shape index (κ3) is 4.85. The summed E-state index contributed by atoms with van der Waals surface area (Å²) in [6.07, 6.45) is 0.672. The van der Waals surface area contributed by atoms with Gasteiger partial charge in [-0.1, -0.05) is 37.3 Å². The van der Waals surface area contributed by atoms with Gasteiger partial charge in [-0.3, -0.25) is 9.10 Å². The van der Waals surface area contributed by atoms with Crippen LogP contribution < -0.4 is 14.4 Å². The number of carbonyl (C=O) groups is 1. The van der Waals surface area contributed by atoms with E-state index in [1.165, 1.54) is 23.5 Å². The molecule has 3 aromatic carbocycles. The highest BCUT2D eigenvalue weighted by molar-refractivity contribution is 7.92. The minimum absolute atomic E-state index is 0.0366. The molecule has 0 aliphatic rings. The van der Waals surface area contributed by atoms with E-state index in [1.807, 2.05) is 41.8 Å². The average molecular weight is 493 g/mol. The summed E-state index contributed by atoms with van der Waals surface area (Å²) in [5, 5.41) is 2.83. The number of rotatable bonds is 9. The van der Waals surface area contributed by atoms with Gasteiger partial charge in [0.2, 0.25) is 5.91 Å². The highest BCUT2D eigenvalue weighted by Gasteiger charge is 2.25. The molecule has 4 rings (SSSR count). The molecule has 0 unspecified atom stereocenters. The smallest absolute Gasteiger partial charge is 0.264 e. The van der Waals surface area contributed by atoms with Crippen molar-refractivity contribution in [3.63, 3.8) is 0 Å². The first-order valence-electron chi connectivity index (χ1n) is 11.4. The number of hydrogen-bond acceptors (Lipinski definition) is 5. The molecule has 8 nitrogen and oxygen atoms in total. The maximum atomic E-state index is 13.4. The molecule has 1 aromatic heterocycles. The molecule has 0 fully saturated rings. The quantitative estimate of drug-likeness (QED) is 0.372.